The van der Waals surface area contributed by atoms with Crippen LogP contribution in [-0.4, -0.2) is 62.5 Å². The quantitative estimate of drug-likeness (QED) is 0.623. The molecule has 1 saturated heterocycles. The fourth-order valence-corrected chi connectivity index (χ4v) is 3.85. The van der Waals surface area contributed by atoms with Crippen LogP contribution in [0.4, 0.5) is 14.9 Å². The standard InChI is InChI=1S/C20H29FN2O7S/c1-5-28-18(24)13-31(26,27)22-14-6-7-17(16(21)12-14)29-15-8-10-23(11-9-15)19(25)30-20(2,3)4/h6-7,12,15,22H,5,8-11,13H2,1-4H3. The predicted molar refractivity (Wildman–Crippen MR) is 112 cm³/mol. The first-order chi connectivity index (χ1) is 14.4. The Kier molecular flexibility index (Phi) is 8.10. The van der Waals surface area contributed by atoms with E-state index in [-0.39, 0.29) is 24.1 Å². The third-order valence-corrected chi connectivity index (χ3v) is 5.37. The number of hydrogen-bond acceptors (Lipinski definition) is 7. The number of sulfonamides is 1. The molecule has 9 nitrogen and oxygen atoms in total. The number of benzene rings is 1. The molecule has 0 saturated carbocycles. The zero-order valence-corrected chi connectivity index (χ0v) is 19.0. The fourth-order valence-electron chi connectivity index (χ4n) is 2.90. The van der Waals surface area contributed by atoms with Crippen molar-refractivity contribution in [2.45, 2.75) is 52.2 Å². The molecule has 0 atom stereocenters. The zero-order valence-electron chi connectivity index (χ0n) is 18.1. The molecule has 1 fully saturated rings. The molecule has 1 aliphatic heterocycles. The average molecular weight is 461 g/mol. The van der Waals surface area contributed by atoms with Crippen LogP contribution in [0.5, 0.6) is 5.75 Å². The summed E-state index contributed by atoms with van der Waals surface area (Å²) < 4.78 is 56.1. The molecule has 1 amide bonds. The first-order valence-corrected chi connectivity index (χ1v) is 11.6. The summed E-state index contributed by atoms with van der Waals surface area (Å²) in [6, 6.07) is 3.64. The van der Waals surface area contributed by atoms with Crippen LogP contribution in [0.1, 0.15) is 40.5 Å². The molecule has 0 bridgehead atoms. The molecule has 1 aliphatic rings. The summed E-state index contributed by atoms with van der Waals surface area (Å²) in [4.78, 5) is 25.0. The Hall–Kier alpha value is -2.56. The highest BCUT2D eigenvalue weighted by Gasteiger charge is 2.28. The van der Waals surface area contributed by atoms with Crippen LogP contribution >= 0.6 is 0 Å². The number of hydrogen-bond donors (Lipinski definition) is 1. The Bertz CT molecular complexity index is 891. The minimum Gasteiger partial charge on any atom is -0.487 e. The minimum atomic E-state index is -4.02. The highest BCUT2D eigenvalue weighted by Crippen LogP contribution is 2.26. The number of ether oxygens (including phenoxy) is 3. The van der Waals surface area contributed by atoms with Gasteiger partial charge in [-0.2, -0.15) is 0 Å². The summed E-state index contributed by atoms with van der Waals surface area (Å²) in [5.41, 5.74) is -0.610. The topological polar surface area (TPSA) is 111 Å². The lowest BCUT2D eigenvalue weighted by Crippen LogP contribution is -2.44. The van der Waals surface area contributed by atoms with Gasteiger partial charge in [-0.05, 0) is 39.8 Å². The van der Waals surface area contributed by atoms with Crippen molar-refractivity contribution in [1.82, 2.24) is 4.90 Å². The Labute approximate surface area is 181 Å². The van der Waals surface area contributed by atoms with Crippen molar-refractivity contribution in [3.8, 4) is 5.75 Å². The normalized spacial score (nSPS) is 15.3. The van der Waals surface area contributed by atoms with Crippen LogP contribution in [0.15, 0.2) is 18.2 Å². The van der Waals surface area contributed by atoms with Crippen LogP contribution in [0.2, 0.25) is 0 Å². The Balaban J connectivity index is 1.90. The molecule has 2 rings (SSSR count). The summed E-state index contributed by atoms with van der Waals surface area (Å²) in [6.45, 7) is 7.86. The van der Waals surface area contributed by atoms with E-state index in [1.807, 2.05) is 0 Å². The number of carbonyl (C=O) groups excluding carboxylic acids is 2. The van der Waals surface area contributed by atoms with Crippen molar-refractivity contribution in [1.29, 1.82) is 0 Å². The number of piperidine rings is 1. The number of amides is 1. The molecule has 0 aliphatic carbocycles. The molecule has 174 valence electrons. The molecule has 0 aromatic heterocycles. The molecular formula is C20H29FN2O7S. The fraction of sp³-hybridized carbons (Fsp3) is 0.600. The second-order valence-corrected chi connectivity index (χ2v) is 9.82. The predicted octanol–water partition coefficient (Wildman–Crippen LogP) is 2.91. The number of esters is 1. The second kappa shape index (κ2) is 10.2. The average Bonchev–Trinajstić information content (AvgIpc) is 2.62. The Morgan fingerprint density at radius 1 is 1.23 bits per heavy atom. The summed E-state index contributed by atoms with van der Waals surface area (Å²) in [7, 11) is -4.02. The van der Waals surface area contributed by atoms with Gasteiger partial charge < -0.3 is 19.1 Å². The molecule has 1 heterocycles. The number of nitrogens with zero attached hydrogens (tertiary/aromatic N) is 1. The molecule has 0 unspecified atom stereocenters. The lowest BCUT2D eigenvalue weighted by molar-refractivity contribution is -0.139. The molecule has 1 N–H and O–H groups in total. The van der Waals surface area contributed by atoms with Crippen LogP contribution in [0, 0.1) is 5.82 Å². The van der Waals surface area contributed by atoms with E-state index in [0.717, 1.165) is 6.07 Å². The van der Waals surface area contributed by atoms with E-state index in [4.69, 9.17) is 9.47 Å². The smallest absolute Gasteiger partial charge is 0.410 e. The van der Waals surface area contributed by atoms with E-state index in [1.165, 1.54) is 12.1 Å². The number of anilines is 1. The van der Waals surface area contributed by atoms with Gasteiger partial charge in [0.15, 0.2) is 17.3 Å². The molecule has 0 radical (unpaired) electrons. The lowest BCUT2D eigenvalue weighted by Gasteiger charge is -2.33. The number of carbonyl (C=O) groups is 2. The Morgan fingerprint density at radius 2 is 1.87 bits per heavy atom. The summed E-state index contributed by atoms with van der Waals surface area (Å²) in [5.74, 6) is -2.53. The van der Waals surface area contributed by atoms with E-state index in [9.17, 15) is 22.4 Å². The maximum absolute atomic E-state index is 14.4. The van der Waals surface area contributed by atoms with Crippen molar-refractivity contribution >= 4 is 27.8 Å². The van der Waals surface area contributed by atoms with Gasteiger partial charge in [-0.15, -0.1) is 0 Å². The van der Waals surface area contributed by atoms with Crippen molar-refractivity contribution in [3.05, 3.63) is 24.0 Å². The van der Waals surface area contributed by atoms with E-state index in [0.29, 0.717) is 25.9 Å². The van der Waals surface area contributed by atoms with Gasteiger partial charge >= 0.3 is 12.1 Å². The molecular weight excluding hydrogens is 431 g/mol. The number of likely N-dealkylation sites (tertiary alicyclic amines) is 1. The summed E-state index contributed by atoms with van der Waals surface area (Å²) in [6.07, 6.45) is 0.329. The van der Waals surface area contributed by atoms with E-state index in [2.05, 4.69) is 9.46 Å². The third-order valence-electron chi connectivity index (χ3n) is 4.21. The van der Waals surface area contributed by atoms with Gasteiger partial charge in [0.2, 0.25) is 10.0 Å². The highest BCUT2D eigenvalue weighted by molar-refractivity contribution is 7.93. The van der Waals surface area contributed by atoms with E-state index in [1.54, 1.807) is 32.6 Å². The summed E-state index contributed by atoms with van der Waals surface area (Å²) in [5, 5.41) is 0. The van der Waals surface area contributed by atoms with E-state index < -0.39 is 39.3 Å². The van der Waals surface area contributed by atoms with Gasteiger partial charge in [-0.1, -0.05) is 0 Å². The van der Waals surface area contributed by atoms with Crippen molar-refractivity contribution in [2.24, 2.45) is 0 Å². The Morgan fingerprint density at radius 3 is 2.42 bits per heavy atom. The van der Waals surface area contributed by atoms with Crippen molar-refractivity contribution < 1.29 is 36.6 Å². The van der Waals surface area contributed by atoms with Gasteiger partial charge in [0.1, 0.15) is 11.7 Å². The second-order valence-electron chi connectivity index (χ2n) is 8.10. The van der Waals surface area contributed by atoms with Gasteiger partial charge in [0, 0.05) is 32.0 Å². The SMILES string of the molecule is CCOC(=O)CS(=O)(=O)Nc1ccc(OC2CCN(C(=O)OC(C)(C)C)CC2)c(F)c1. The molecule has 0 spiro atoms. The summed E-state index contributed by atoms with van der Waals surface area (Å²) >= 11 is 0. The van der Waals surface area contributed by atoms with Crippen LogP contribution in [0.25, 0.3) is 0 Å². The van der Waals surface area contributed by atoms with Crippen LogP contribution in [0.3, 0.4) is 0 Å². The van der Waals surface area contributed by atoms with Crippen molar-refractivity contribution in [2.75, 3.05) is 30.2 Å². The van der Waals surface area contributed by atoms with Crippen molar-refractivity contribution in [3.63, 3.8) is 0 Å². The maximum Gasteiger partial charge on any atom is 0.410 e. The minimum absolute atomic E-state index is 0.0240. The van der Waals surface area contributed by atoms with Crippen LogP contribution < -0.4 is 9.46 Å². The van der Waals surface area contributed by atoms with Gasteiger partial charge in [0.05, 0.1) is 12.3 Å². The molecule has 1 aromatic carbocycles. The number of nitrogens with one attached hydrogen (secondary N) is 1. The van der Waals surface area contributed by atoms with Gasteiger partial charge in [-0.3, -0.25) is 9.52 Å². The number of rotatable bonds is 7. The monoisotopic (exact) mass is 460 g/mol. The zero-order chi connectivity index (χ0) is 23.2. The third kappa shape index (κ3) is 8.23. The van der Waals surface area contributed by atoms with E-state index >= 15 is 0 Å². The van der Waals surface area contributed by atoms with Crippen LogP contribution in [-0.2, 0) is 24.3 Å². The van der Waals surface area contributed by atoms with Gasteiger partial charge in [0.25, 0.3) is 0 Å². The maximum atomic E-state index is 14.4. The lowest BCUT2D eigenvalue weighted by atomic mass is 10.1. The highest BCUT2D eigenvalue weighted by atomic mass is 32.2. The molecule has 11 heteroatoms. The number of halogens is 1. The first-order valence-electron chi connectivity index (χ1n) is 9.99. The largest absolute Gasteiger partial charge is 0.487 e. The molecule has 1 aromatic rings. The first kappa shape index (κ1) is 24.7. The van der Waals surface area contributed by atoms with Gasteiger partial charge in [-0.25, -0.2) is 17.6 Å². The molecule has 31 heavy (non-hydrogen) atoms.